The summed E-state index contributed by atoms with van der Waals surface area (Å²) in [7, 11) is 0. The topological polar surface area (TPSA) is 68.3 Å². The molecular weight excluding hydrogens is 349 g/mol. The summed E-state index contributed by atoms with van der Waals surface area (Å²) in [6.45, 7) is -0.537. The molecule has 1 N–H and O–H groups in total. The summed E-state index contributed by atoms with van der Waals surface area (Å²) in [5, 5.41) is 1.86. The maximum atomic E-state index is 12.5. The maximum Gasteiger partial charge on any atom is 0.417 e. The second-order valence-electron chi connectivity index (χ2n) is 5.62. The molecule has 1 aromatic rings. The number of nitrogens with one attached hydrogen (secondary N) is 1. The van der Waals surface area contributed by atoms with Crippen LogP contribution >= 0.6 is 11.6 Å². The van der Waals surface area contributed by atoms with Gasteiger partial charge in [0.1, 0.15) is 0 Å². The highest BCUT2D eigenvalue weighted by molar-refractivity contribution is 6.33. The van der Waals surface area contributed by atoms with Gasteiger partial charge in [0.05, 0.1) is 10.6 Å². The molecule has 0 aliphatic heterocycles. The summed E-state index contributed by atoms with van der Waals surface area (Å²) >= 11 is 5.67. The summed E-state index contributed by atoms with van der Waals surface area (Å²) in [6, 6.07) is 0.663. The lowest BCUT2D eigenvalue weighted by molar-refractivity contribution is -0.148. The van der Waals surface area contributed by atoms with Crippen LogP contribution in [-0.2, 0) is 20.5 Å². The van der Waals surface area contributed by atoms with Gasteiger partial charge in [-0.1, -0.05) is 24.4 Å². The number of carbonyl (C=O) groups is 2. The van der Waals surface area contributed by atoms with Gasteiger partial charge < -0.3 is 10.1 Å². The molecule has 0 saturated heterocycles. The predicted octanol–water partition coefficient (Wildman–Crippen LogP) is 3.82. The summed E-state index contributed by atoms with van der Waals surface area (Å²) < 4.78 is 42.3. The number of nitrogens with zero attached hydrogens (tertiary/aromatic N) is 1. The van der Waals surface area contributed by atoms with Gasteiger partial charge in [-0.15, -0.1) is 0 Å². The fourth-order valence-electron chi connectivity index (χ4n) is 2.51. The minimum Gasteiger partial charge on any atom is -0.456 e. The smallest absolute Gasteiger partial charge is 0.417 e. The molecule has 0 unspecified atom stereocenters. The van der Waals surface area contributed by atoms with Crippen LogP contribution in [0.3, 0.4) is 0 Å². The Morgan fingerprint density at radius 3 is 2.58 bits per heavy atom. The van der Waals surface area contributed by atoms with Crippen molar-refractivity contribution in [2.75, 3.05) is 11.9 Å². The number of rotatable bonds is 5. The van der Waals surface area contributed by atoms with E-state index in [0.717, 1.165) is 25.7 Å². The molecule has 0 aromatic carbocycles. The van der Waals surface area contributed by atoms with Crippen LogP contribution < -0.4 is 5.32 Å². The van der Waals surface area contributed by atoms with Crippen molar-refractivity contribution in [3.05, 3.63) is 22.8 Å². The lowest BCUT2D eigenvalue weighted by atomic mass is 10.1. The van der Waals surface area contributed by atoms with Crippen molar-refractivity contribution < 1.29 is 27.5 Å². The van der Waals surface area contributed by atoms with Gasteiger partial charge in [-0.05, 0) is 24.8 Å². The van der Waals surface area contributed by atoms with Crippen molar-refractivity contribution in [2.24, 2.45) is 5.92 Å². The fraction of sp³-hybridized carbons (Fsp3) is 0.533. The van der Waals surface area contributed by atoms with Gasteiger partial charge in [0.25, 0.3) is 5.91 Å². The quantitative estimate of drug-likeness (QED) is 0.806. The molecule has 0 bridgehead atoms. The number of amides is 1. The van der Waals surface area contributed by atoms with Crippen LogP contribution in [0.5, 0.6) is 0 Å². The first kappa shape index (κ1) is 18.5. The van der Waals surface area contributed by atoms with Crippen LogP contribution in [0.4, 0.5) is 19.0 Å². The molecule has 5 nitrogen and oxygen atoms in total. The average Bonchev–Trinajstić information content (AvgIpc) is 2.99. The molecular formula is C15H16ClF3N2O3. The van der Waals surface area contributed by atoms with E-state index in [1.54, 1.807) is 0 Å². The summed E-state index contributed by atoms with van der Waals surface area (Å²) in [5.41, 5.74) is -1.02. The van der Waals surface area contributed by atoms with E-state index >= 15 is 0 Å². The monoisotopic (exact) mass is 364 g/mol. The Morgan fingerprint density at radius 2 is 2.00 bits per heavy atom. The molecule has 1 aliphatic carbocycles. The summed E-state index contributed by atoms with van der Waals surface area (Å²) in [4.78, 5) is 26.8. The van der Waals surface area contributed by atoms with Crippen LogP contribution in [0.25, 0.3) is 0 Å². The molecule has 1 fully saturated rings. The number of ether oxygens (including phenoxy) is 1. The zero-order valence-corrected chi connectivity index (χ0v) is 13.4. The molecule has 9 heteroatoms. The highest BCUT2D eigenvalue weighted by Crippen LogP contribution is 2.32. The Hall–Kier alpha value is -1.83. The third kappa shape index (κ3) is 5.36. The largest absolute Gasteiger partial charge is 0.456 e. The third-order valence-corrected chi connectivity index (χ3v) is 4.01. The number of hydrogen-bond acceptors (Lipinski definition) is 4. The van der Waals surface area contributed by atoms with E-state index in [4.69, 9.17) is 16.3 Å². The van der Waals surface area contributed by atoms with Crippen molar-refractivity contribution in [1.82, 2.24) is 4.98 Å². The Kier molecular flexibility index (Phi) is 6.04. The molecule has 0 atom stereocenters. The van der Waals surface area contributed by atoms with Gasteiger partial charge in [-0.25, -0.2) is 4.98 Å². The number of pyridine rings is 1. The highest BCUT2D eigenvalue weighted by atomic mass is 35.5. The van der Waals surface area contributed by atoms with E-state index in [2.05, 4.69) is 10.3 Å². The van der Waals surface area contributed by atoms with E-state index in [9.17, 15) is 22.8 Å². The fourth-order valence-corrected chi connectivity index (χ4v) is 2.72. The van der Waals surface area contributed by atoms with Crippen molar-refractivity contribution in [3.63, 3.8) is 0 Å². The molecule has 132 valence electrons. The second kappa shape index (κ2) is 7.83. The van der Waals surface area contributed by atoms with Gasteiger partial charge in [0.15, 0.2) is 12.4 Å². The van der Waals surface area contributed by atoms with Crippen LogP contribution in [0.1, 0.15) is 37.7 Å². The Bertz CT molecular complexity index is 616. The van der Waals surface area contributed by atoms with Crippen molar-refractivity contribution in [3.8, 4) is 0 Å². The first-order valence-electron chi connectivity index (χ1n) is 7.44. The van der Waals surface area contributed by atoms with Crippen molar-refractivity contribution >= 4 is 29.3 Å². The van der Waals surface area contributed by atoms with Gasteiger partial charge in [-0.3, -0.25) is 9.59 Å². The molecule has 2 rings (SSSR count). The molecule has 1 saturated carbocycles. The van der Waals surface area contributed by atoms with Gasteiger partial charge in [-0.2, -0.15) is 13.2 Å². The molecule has 0 radical (unpaired) electrons. The van der Waals surface area contributed by atoms with E-state index in [1.807, 2.05) is 0 Å². The number of anilines is 1. The average molecular weight is 365 g/mol. The van der Waals surface area contributed by atoms with Gasteiger partial charge >= 0.3 is 12.1 Å². The zero-order valence-electron chi connectivity index (χ0n) is 12.7. The van der Waals surface area contributed by atoms with E-state index in [1.165, 1.54) is 0 Å². The molecule has 1 aromatic heterocycles. The predicted molar refractivity (Wildman–Crippen MR) is 80.4 cm³/mol. The summed E-state index contributed by atoms with van der Waals surface area (Å²) in [6.07, 6.45) is 0.404. The van der Waals surface area contributed by atoms with Gasteiger partial charge in [0.2, 0.25) is 0 Å². The van der Waals surface area contributed by atoms with E-state index < -0.39 is 30.2 Å². The Balaban J connectivity index is 1.82. The number of alkyl halides is 3. The highest BCUT2D eigenvalue weighted by Gasteiger charge is 2.31. The minimum absolute atomic E-state index is 0.221. The third-order valence-electron chi connectivity index (χ3n) is 3.72. The zero-order chi connectivity index (χ0) is 17.7. The maximum absolute atomic E-state index is 12.5. The van der Waals surface area contributed by atoms with Crippen molar-refractivity contribution in [1.29, 1.82) is 0 Å². The second-order valence-corrected chi connectivity index (χ2v) is 6.02. The van der Waals surface area contributed by atoms with Crippen LogP contribution in [0.2, 0.25) is 5.02 Å². The number of carbonyl (C=O) groups excluding carboxylic acids is 2. The molecule has 0 spiro atoms. The number of aromatic nitrogens is 1. The molecule has 24 heavy (non-hydrogen) atoms. The lowest BCUT2D eigenvalue weighted by Crippen LogP contribution is -2.22. The molecule has 1 heterocycles. The van der Waals surface area contributed by atoms with E-state index in [-0.39, 0.29) is 17.3 Å². The summed E-state index contributed by atoms with van der Waals surface area (Å²) in [5.74, 6) is -1.11. The first-order chi connectivity index (χ1) is 11.3. The van der Waals surface area contributed by atoms with Crippen LogP contribution in [0.15, 0.2) is 12.3 Å². The SMILES string of the molecule is O=C(COC(=O)CC1CCCC1)Nc1ncc(C(F)(F)F)cc1Cl. The first-order valence-corrected chi connectivity index (χ1v) is 7.81. The Labute approximate surface area is 141 Å². The minimum atomic E-state index is -4.57. The van der Waals surface area contributed by atoms with E-state index in [0.29, 0.717) is 18.2 Å². The number of esters is 1. The Morgan fingerprint density at radius 1 is 1.33 bits per heavy atom. The van der Waals surface area contributed by atoms with Crippen molar-refractivity contribution in [2.45, 2.75) is 38.3 Å². The standard InChI is InChI=1S/C15H16ClF3N2O3/c16-11-6-10(15(17,18)19)7-20-14(11)21-12(22)8-24-13(23)5-9-3-1-2-4-9/h6-7,9H,1-5,8H2,(H,20,21,22). The molecule has 1 aliphatic rings. The number of halogens is 4. The van der Waals surface area contributed by atoms with Crippen LogP contribution in [-0.4, -0.2) is 23.5 Å². The number of hydrogen-bond donors (Lipinski definition) is 1. The van der Waals surface area contributed by atoms with Crippen LogP contribution in [0, 0.1) is 5.92 Å². The normalized spacial score (nSPS) is 15.3. The lowest BCUT2D eigenvalue weighted by Gasteiger charge is -2.11. The van der Waals surface area contributed by atoms with Gasteiger partial charge in [0, 0.05) is 12.6 Å². The molecule has 1 amide bonds.